The summed E-state index contributed by atoms with van der Waals surface area (Å²) in [4.78, 5) is 18.4. The molecule has 1 fully saturated rings. The van der Waals surface area contributed by atoms with Crippen LogP contribution in [0.4, 0.5) is 5.69 Å². The van der Waals surface area contributed by atoms with E-state index in [1.807, 2.05) is 24.0 Å². The van der Waals surface area contributed by atoms with Crippen molar-refractivity contribution in [1.82, 2.24) is 10.2 Å². The molecule has 2 heterocycles. The number of ether oxygens (including phenoxy) is 1. The number of rotatable bonds is 2. The number of aryl methyl sites for hydroxylation is 1. The Balaban J connectivity index is 1.75. The smallest absolute Gasteiger partial charge is 0.263 e. The van der Waals surface area contributed by atoms with E-state index in [0.717, 1.165) is 11.3 Å². The first-order chi connectivity index (χ1) is 11.5. The Hall–Kier alpha value is -2.38. The van der Waals surface area contributed by atoms with E-state index in [4.69, 9.17) is 21.7 Å². The molecule has 24 heavy (non-hydrogen) atoms. The molecule has 8 heteroatoms. The molecule has 0 aliphatic carbocycles. The molecule has 2 aliphatic heterocycles. The van der Waals surface area contributed by atoms with Crippen molar-refractivity contribution in [2.75, 3.05) is 31.6 Å². The van der Waals surface area contributed by atoms with Crippen molar-refractivity contribution in [2.45, 2.75) is 6.92 Å². The molecule has 7 nitrogen and oxygen atoms in total. The predicted molar refractivity (Wildman–Crippen MR) is 93.6 cm³/mol. The quantitative estimate of drug-likeness (QED) is 0.711. The second kappa shape index (κ2) is 7.02. The van der Waals surface area contributed by atoms with Crippen molar-refractivity contribution < 1.29 is 9.53 Å². The molecule has 3 N–H and O–H groups in total. The third kappa shape index (κ3) is 3.58. The zero-order valence-electron chi connectivity index (χ0n) is 13.2. The second-order valence-electron chi connectivity index (χ2n) is 5.50. The lowest BCUT2D eigenvalue weighted by Crippen LogP contribution is -2.52. The fourth-order valence-electron chi connectivity index (χ4n) is 2.47. The zero-order valence-corrected chi connectivity index (χ0v) is 14.0. The number of amides is 1. The number of carbonyl (C=O) groups is 1. The maximum absolute atomic E-state index is 12.3. The average molecular weight is 348 g/mol. The zero-order chi connectivity index (χ0) is 17.1. The number of carbonyl (C=O) groups excluding carboxylic acids is 1. The number of guanidine groups is 1. The summed E-state index contributed by atoms with van der Waals surface area (Å²) < 4.78 is 5.28. The van der Waals surface area contributed by atoms with Gasteiger partial charge >= 0.3 is 0 Å². The molecule has 0 bridgehead atoms. The molecule has 0 aromatic heterocycles. The number of morpholine rings is 1. The van der Waals surface area contributed by atoms with Crippen LogP contribution in [-0.2, 0) is 9.53 Å². The summed E-state index contributed by atoms with van der Waals surface area (Å²) in [6.07, 6.45) is 1.49. The summed E-state index contributed by atoms with van der Waals surface area (Å²) in [5, 5.41) is 14.5. The highest BCUT2D eigenvalue weighted by molar-refractivity contribution is 6.30. The number of hydrogen-bond donors (Lipinski definition) is 3. The summed E-state index contributed by atoms with van der Waals surface area (Å²) in [6.45, 7) is 4.37. The molecule has 0 spiro atoms. The van der Waals surface area contributed by atoms with Gasteiger partial charge in [-0.2, -0.15) is 4.99 Å². The van der Waals surface area contributed by atoms with Gasteiger partial charge in [-0.3, -0.25) is 15.5 Å². The van der Waals surface area contributed by atoms with Gasteiger partial charge in [-0.25, -0.2) is 0 Å². The minimum atomic E-state index is -0.351. The van der Waals surface area contributed by atoms with E-state index >= 15 is 0 Å². The molecule has 1 aromatic rings. The van der Waals surface area contributed by atoms with E-state index in [9.17, 15) is 4.79 Å². The molecule has 126 valence electrons. The summed E-state index contributed by atoms with van der Waals surface area (Å²) >= 11 is 5.93. The lowest BCUT2D eigenvalue weighted by atomic mass is 10.2. The molecular weight excluding hydrogens is 330 g/mol. The molecule has 0 saturated carbocycles. The Kier molecular flexibility index (Phi) is 4.82. The van der Waals surface area contributed by atoms with Crippen molar-refractivity contribution in [3.63, 3.8) is 0 Å². The lowest BCUT2D eigenvalue weighted by molar-refractivity contribution is -0.116. The van der Waals surface area contributed by atoms with Crippen molar-refractivity contribution in [3.8, 4) is 0 Å². The van der Waals surface area contributed by atoms with Crippen LogP contribution in [0.5, 0.6) is 0 Å². The summed E-state index contributed by atoms with van der Waals surface area (Å²) in [5.74, 6) is -0.0110. The SMILES string of the molecule is Cc1cc(Cl)ccc1N/C=C1\C(=N)N=C(N2CCOCC2)NC1=O. The van der Waals surface area contributed by atoms with Crippen LogP contribution in [0.2, 0.25) is 5.02 Å². The average Bonchev–Trinajstić information content (AvgIpc) is 2.56. The summed E-state index contributed by atoms with van der Waals surface area (Å²) in [6, 6.07) is 5.40. The van der Waals surface area contributed by atoms with Crippen LogP contribution >= 0.6 is 11.6 Å². The number of halogens is 1. The Morgan fingerprint density at radius 1 is 1.42 bits per heavy atom. The summed E-state index contributed by atoms with van der Waals surface area (Å²) in [7, 11) is 0. The molecule has 2 aliphatic rings. The number of nitrogens with one attached hydrogen (secondary N) is 3. The first-order valence-electron chi connectivity index (χ1n) is 7.59. The number of hydrogen-bond acceptors (Lipinski definition) is 5. The fraction of sp³-hybridized carbons (Fsp3) is 0.312. The topological polar surface area (TPSA) is 89.8 Å². The molecular formula is C16H18ClN5O2. The van der Waals surface area contributed by atoms with E-state index in [-0.39, 0.29) is 17.3 Å². The molecule has 3 rings (SSSR count). The molecule has 1 aromatic carbocycles. The molecule has 0 unspecified atom stereocenters. The number of aliphatic imine (C=N–C) groups is 1. The van der Waals surface area contributed by atoms with Gasteiger partial charge in [0.2, 0.25) is 5.96 Å². The monoisotopic (exact) mass is 347 g/mol. The van der Waals surface area contributed by atoms with Crippen LogP contribution in [0.1, 0.15) is 5.56 Å². The summed E-state index contributed by atoms with van der Waals surface area (Å²) in [5.41, 5.74) is 1.94. The third-order valence-electron chi connectivity index (χ3n) is 3.81. The molecule has 1 amide bonds. The third-order valence-corrected chi connectivity index (χ3v) is 4.05. The van der Waals surface area contributed by atoms with Crippen molar-refractivity contribution >= 4 is 35.0 Å². The van der Waals surface area contributed by atoms with Gasteiger partial charge in [0.15, 0.2) is 5.84 Å². The van der Waals surface area contributed by atoms with Gasteiger partial charge in [0.05, 0.1) is 18.8 Å². The van der Waals surface area contributed by atoms with Crippen molar-refractivity contribution in [2.24, 2.45) is 4.99 Å². The van der Waals surface area contributed by atoms with Gasteiger partial charge in [-0.1, -0.05) is 11.6 Å². The van der Waals surface area contributed by atoms with Crippen molar-refractivity contribution in [3.05, 3.63) is 40.6 Å². The molecule has 1 saturated heterocycles. The number of anilines is 1. The van der Waals surface area contributed by atoms with Crippen LogP contribution in [0.15, 0.2) is 35.0 Å². The van der Waals surface area contributed by atoms with Crippen LogP contribution in [-0.4, -0.2) is 48.9 Å². The normalized spacial score (nSPS) is 20.0. The maximum Gasteiger partial charge on any atom is 0.263 e. The molecule has 0 atom stereocenters. The highest BCUT2D eigenvalue weighted by Crippen LogP contribution is 2.20. The number of benzene rings is 1. The second-order valence-corrected chi connectivity index (χ2v) is 5.94. The van der Waals surface area contributed by atoms with E-state index in [1.54, 1.807) is 6.07 Å². The standard InChI is InChI=1S/C16H18ClN5O2/c1-10-8-11(17)2-3-13(10)19-9-12-14(18)20-16(21-15(12)23)22-4-6-24-7-5-22/h2-3,8-9,19H,4-7H2,1H3,(H2,18,20,21,23)/b12-9+. The van der Waals surface area contributed by atoms with Crippen LogP contribution in [0.3, 0.4) is 0 Å². The van der Waals surface area contributed by atoms with Gasteiger partial charge in [-0.15, -0.1) is 0 Å². The van der Waals surface area contributed by atoms with Gasteiger partial charge in [0.1, 0.15) is 0 Å². The Morgan fingerprint density at radius 2 is 2.17 bits per heavy atom. The maximum atomic E-state index is 12.3. The van der Waals surface area contributed by atoms with Crippen LogP contribution in [0.25, 0.3) is 0 Å². The van der Waals surface area contributed by atoms with Crippen molar-refractivity contribution in [1.29, 1.82) is 5.41 Å². The minimum absolute atomic E-state index is 0.0700. The largest absolute Gasteiger partial charge is 0.378 e. The Labute approximate surface area is 144 Å². The first kappa shape index (κ1) is 16.5. The minimum Gasteiger partial charge on any atom is -0.378 e. The van der Waals surface area contributed by atoms with Gasteiger partial charge in [0, 0.05) is 30.0 Å². The van der Waals surface area contributed by atoms with Gasteiger partial charge in [0.25, 0.3) is 5.91 Å². The Morgan fingerprint density at radius 3 is 2.83 bits per heavy atom. The predicted octanol–water partition coefficient (Wildman–Crippen LogP) is 1.74. The number of amidine groups is 1. The van der Waals surface area contributed by atoms with Gasteiger partial charge in [-0.05, 0) is 30.7 Å². The number of nitrogens with zero attached hydrogens (tertiary/aromatic N) is 2. The van der Waals surface area contributed by atoms with E-state index in [1.165, 1.54) is 6.20 Å². The highest BCUT2D eigenvalue weighted by Gasteiger charge is 2.26. The molecule has 0 radical (unpaired) electrons. The van der Waals surface area contributed by atoms with E-state index in [2.05, 4.69) is 15.6 Å². The first-order valence-corrected chi connectivity index (χ1v) is 7.97. The fourth-order valence-corrected chi connectivity index (χ4v) is 2.69. The van der Waals surface area contributed by atoms with Crippen LogP contribution in [0, 0.1) is 12.3 Å². The van der Waals surface area contributed by atoms with E-state index < -0.39 is 0 Å². The Bertz CT molecular complexity index is 738. The van der Waals surface area contributed by atoms with E-state index in [0.29, 0.717) is 37.3 Å². The van der Waals surface area contributed by atoms with Crippen LogP contribution < -0.4 is 10.6 Å². The van der Waals surface area contributed by atoms with Gasteiger partial charge < -0.3 is 15.0 Å². The highest BCUT2D eigenvalue weighted by atomic mass is 35.5. The lowest BCUT2D eigenvalue weighted by Gasteiger charge is -2.31.